The normalized spacial score (nSPS) is 14.1. The van der Waals surface area contributed by atoms with E-state index in [1.165, 1.54) is 21.9 Å². The summed E-state index contributed by atoms with van der Waals surface area (Å²) in [5.41, 5.74) is 23.6. The number of benzene rings is 5. The molecule has 1 aliphatic heterocycles. The molecule has 6 aromatic rings. The molecule has 0 saturated carbocycles. The van der Waals surface area contributed by atoms with Gasteiger partial charge in [0.2, 0.25) is 0 Å². The van der Waals surface area contributed by atoms with Gasteiger partial charge in [0.15, 0.2) is 0 Å². The minimum absolute atomic E-state index is 0.132. The van der Waals surface area contributed by atoms with Gasteiger partial charge < -0.3 is 20.9 Å². The van der Waals surface area contributed by atoms with Crippen molar-refractivity contribution in [1.29, 1.82) is 0 Å². The Labute approximate surface area is 216 Å². The van der Waals surface area contributed by atoms with Gasteiger partial charge in [-0.15, -0.1) is 0 Å². The number of nitrogen functional groups attached to an aromatic ring is 2. The van der Waals surface area contributed by atoms with Crippen LogP contribution < -0.4 is 16.4 Å². The Balaban J connectivity index is 1.49. The zero-order valence-corrected chi connectivity index (χ0v) is 20.9. The van der Waals surface area contributed by atoms with Crippen molar-refractivity contribution < 1.29 is 0 Å². The summed E-state index contributed by atoms with van der Waals surface area (Å²) >= 11 is 0. The summed E-state index contributed by atoms with van der Waals surface area (Å²) in [6, 6.07) is 38.2. The molecule has 5 aromatic carbocycles. The van der Waals surface area contributed by atoms with E-state index in [0.717, 1.165) is 33.8 Å². The van der Waals surface area contributed by atoms with E-state index >= 15 is 0 Å². The van der Waals surface area contributed by atoms with E-state index in [1.807, 2.05) is 0 Å². The first-order valence-corrected chi connectivity index (χ1v) is 12.6. The van der Waals surface area contributed by atoms with Gasteiger partial charge in [-0.2, -0.15) is 0 Å². The molecule has 1 aromatic heterocycles. The standard InChI is InChI=1S/C33H28N4/c1-33(2)23-13-5-9-17-27(23)37(28-18-10-6-14-24(28)33)30-20-19-29(31(34)32(30)35)36-25-15-7-3-11-21(25)22-12-4-8-16-26(22)36/h3-20H,34-35H2,1-2H3. The fraction of sp³-hybridized carbons (Fsp3) is 0.0909. The highest BCUT2D eigenvalue weighted by Gasteiger charge is 2.37. The molecule has 37 heavy (non-hydrogen) atoms. The monoisotopic (exact) mass is 480 g/mol. The number of para-hydroxylation sites is 4. The molecule has 0 spiro atoms. The van der Waals surface area contributed by atoms with Crippen molar-refractivity contribution in [2.45, 2.75) is 19.3 Å². The van der Waals surface area contributed by atoms with Crippen molar-refractivity contribution in [3.63, 3.8) is 0 Å². The van der Waals surface area contributed by atoms with Crippen LogP contribution in [0.25, 0.3) is 27.5 Å². The zero-order valence-electron chi connectivity index (χ0n) is 20.9. The molecule has 0 saturated heterocycles. The van der Waals surface area contributed by atoms with Gasteiger partial charge in [-0.1, -0.05) is 86.6 Å². The molecule has 0 fully saturated rings. The molecule has 7 rings (SSSR count). The third-order valence-corrected chi connectivity index (χ3v) is 7.94. The maximum Gasteiger partial charge on any atom is 0.0814 e. The molecule has 4 heteroatoms. The van der Waals surface area contributed by atoms with Crippen LogP contribution >= 0.6 is 0 Å². The average molecular weight is 481 g/mol. The molecule has 1 aliphatic rings. The number of anilines is 5. The van der Waals surface area contributed by atoms with E-state index in [-0.39, 0.29) is 5.41 Å². The van der Waals surface area contributed by atoms with Crippen LogP contribution in [-0.4, -0.2) is 4.57 Å². The van der Waals surface area contributed by atoms with Crippen molar-refractivity contribution in [3.05, 3.63) is 120 Å². The lowest BCUT2D eigenvalue weighted by Gasteiger charge is -2.42. The number of nitrogens with two attached hydrogens (primary N) is 2. The second-order valence-electron chi connectivity index (χ2n) is 10.3. The van der Waals surface area contributed by atoms with E-state index in [1.54, 1.807) is 0 Å². The van der Waals surface area contributed by atoms with Gasteiger partial charge in [0.25, 0.3) is 0 Å². The first kappa shape index (κ1) is 21.6. The minimum Gasteiger partial charge on any atom is -0.395 e. The summed E-state index contributed by atoms with van der Waals surface area (Å²) in [7, 11) is 0. The second-order valence-corrected chi connectivity index (χ2v) is 10.3. The van der Waals surface area contributed by atoms with Crippen LogP contribution in [0.5, 0.6) is 0 Å². The summed E-state index contributed by atoms with van der Waals surface area (Å²) in [6.07, 6.45) is 0. The highest BCUT2D eigenvalue weighted by Crippen LogP contribution is 2.53. The highest BCUT2D eigenvalue weighted by atomic mass is 15.2. The number of hydrogen-bond donors (Lipinski definition) is 2. The zero-order chi connectivity index (χ0) is 25.3. The quantitative estimate of drug-likeness (QED) is 0.246. The van der Waals surface area contributed by atoms with E-state index in [2.05, 4.69) is 133 Å². The fourth-order valence-corrected chi connectivity index (χ4v) is 6.11. The first-order valence-electron chi connectivity index (χ1n) is 12.6. The third-order valence-electron chi connectivity index (χ3n) is 7.94. The molecule has 4 nitrogen and oxygen atoms in total. The van der Waals surface area contributed by atoms with Gasteiger partial charge >= 0.3 is 0 Å². The minimum atomic E-state index is -0.132. The van der Waals surface area contributed by atoms with Crippen LogP contribution in [0, 0.1) is 0 Å². The second kappa shape index (κ2) is 7.65. The van der Waals surface area contributed by atoms with Crippen molar-refractivity contribution >= 4 is 50.2 Å². The molecule has 0 unspecified atom stereocenters. The van der Waals surface area contributed by atoms with E-state index < -0.39 is 0 Å². The van der Waals surface area contributed by atoms with Crippen molar-refractivity contribution in [2.24, 2.45) is 0 Å². The van der Waals surface area contributed by atoms with Gasteiger partial charge in [-0.25, -0.2) is 0 Å². The molecule has 0 aliphatic carbocycles. The van der Waals surface area contributed by atoms with Gasteiger partial charge in [0, 0.05) is 16.2 Å². The van der Waals surface area contributed by atoms with Crippen LogP contribution in [0.4, 0.5) is 28.4 Å². The van der Waals surface area contributed by atoms with Gasteiger partial charge in [-0.3, -0.25) is 0 Å². The molecule has 4 N–H and O–H groups in total. The Kier molecular flexibility index (Phi) is 4.46. The average Bonchev–Trinajstić information content (AvgIpc) is 3.26. The van der Waals surface area contributed by atoms with Crippen LogP contribution in [0.3, 0.4) is 0 Å². The molecule has 180 valence electrons. The van der Waals surface area contributed by atoms with Crippen LogP contribution in [-0.2, 0) is 5.41 Å². The summed E-state index contributed by atoms with van der Waals surface area (Å²) in [5.74, 6) is 0. The fourth-order valence-electron chi connectivity index (χ4n) is 6.11. The summed E-state index contributed by atoms with van der Waals surface area (Å²) in [5, 5.41) is 2.39. The first-order chi connectivity index (χ1) is 18.0. The van der Waals surface area contributed by atoms with E-state index in [4.69, 9.17) is 11.5 Å². The summed E-state index contributed by atoms with van der Waals surface area (Å²) in [6.45, 7) is 4.57. The van der Waals surface area contributed by atoms with Crippen LogP contribution in [0.1, 0.15) is 25.0 Å². The maximum atomic E-state index is 6.91. The van der Waals surface area contributed by atoms with Gasteiger partial charge in [0.05, 0.1) is 45.2 Å². The van der Waals surface area contributed by atoms with Crippen molar-refractivity contribution in [3.8, 4) is 5.69 Å². The number of aromatic nitrogens is 1. The largest absolute Gasteiger partial charge is 0.395 e. The van der Waals surface area contributed by atoms with Crippen molar-refractivity contribution in [1.82, 2.24) is 4.57 Å². The number of nitrogens with zero attached hydrogens (tertiary/aromatic N) is 2. The predicted octanol–water partition coefficient (Wildman–Crippen LogP) is 8.06. The van der Waals surface area contributed by atoms with E-state index in [9.17, 15) is 0 Å². The lowest BCUT2D eigenvalue weighted by atomic mass is 9.73. The molecular weight excluding hydrogens is 452 g/mol. The van der Waals surface area contributed by atoms with Gasteiger partial charge in [0.1, 0.15) is 0 Å². The highest BCUT2D eigenvalue weighted by molar-refractivity contribution is 6.10. The van der Waals surface area contributed by atoms with Crippen LogP contribution in [0.2, 0.25) is 0 Å². The van der Waals surface area contributed by atoms with E-state index in [0.29, 0.717) is 11.4 Å². The molecule has 0 bridgehead atoms. The Morgan fingerprint density at radius 3 is 1.49 bits per heavy atom. The lowest BCUT2D eigenvalue weighted by molar-refractivity contribution is 0.632. The maximum absolute atomic E-state index is 6.91. The van der Waals surface area contributed by atoms with Crippen molar-refractivity contribution in [2.75, 3.05) is 16.4 Å². The molecular formula is C33H28N4. The number of fused-ring (bicyclic) bond motifs is 5. The summed E-state index contributed by atoms with van der Waals surface area (Å²) in [4.78, 5) is 2.26. The predicted molar refractivity (Wildman–Crippen MR) is 156 cm³/mol. The molecule has 0 amide bonds. The number of rotatable bonds is 2. The molecule has 0 atom stereocenters. The Bertz CT molecular complexity index is 1740. The Morgan fingerprint density at radius 2 is 0.919 bits per heavy atom. The van der Waals surface area contributed by atoms with Gasteiger partial charge in [-0.05, 0) is 47.5 Å². The summed E-state index contributed by atoms with van der Waals surface area (Å²) < 4.78 is 2.22. The molecule has 0 radical (unpaired) electrons. The SMILES string of the molecule is CC1(C)c2ccccc2N(c2ccc(-n3c4ccccc4c4ccccc43)c(N)c2N)c2ccccc21. The Morgan fingerprint density at radius 1 is 0.486 bits per heavy atom. The lowest BCUT2D eigenvalue weighted by Crippen LogP contribution is -2.30. The number of hydrogen-bond acceptors (Lipinski definition) is 3. The smallest absolute Gasteiger partial charge is 0.0814 e. The molecule has 2 heterocycles. The topological polar surface area (TPSA) is 60.2 Å². The third kappa shape index (κ3) is 2.90. The Hall–Kier alpha value is -4.70. The van der Waals surface area contributed by atoms with Crippen LogP contribution in [0.15, 0.2) is 109 Å².